The number of aliphatic hydroxyl groups is 1. The second kappa shape index (κ2) is 10.8. The Kier molecular flexibility index (Phi) is 7.20. The summed E-state index contributed by atoms with van der Waals surface area (Å²) in [5.74, 6) is 1.89. The molecule has 1 aliphatic carbocycles. The lowest BCUT2D eigenvalue weighted by molar-refractivity contribution is -0.0893. The van der Waals surface area contributed by atoms with Crippen LogP contribution in [0.15, 0.2) is 84.9 Å². The van der Waals surface area contributed by atoms with Crippen LogP contribution in [0.1, 0.15) is 34.1 Å². The van der Waals surface area contributed by atoms with E-state index in [0.717, 1.165) is 38.7 Å². The molecular weight excluding hydrogens is 525 g/mol. The number of fused-ring (bicyclic) bond motifs is 3. The Bertz CT molecular complexity index is 1820. The molecule has 7 heteroatoms. The van der Waals surface area contributed by atoms with Gasteiger partial charge in [-0.15, -0.1) is 11.3 Å². The highest BCUT2D eigenvalue weighted by Gasteiger charge is 2.35. The largest absolute Gasteiger partial charge is 0.427 e. The van der Waals surface area contributed by atoms with Gasteiger partial charge in [-0.2, -0.15) is 0 Å². The van der Waals surface area contributed by atoms with Gasteiger partial charge in [0.2, 0.25) is 0 Å². The molecule has 5 nitrogen and oxygen atoms in total. The number of hydrogen-bond donors (Lipinski definition) is 1. The predicted molar refractivity (Wildman–Crippen MR) is 172 cm³/mol. The molecule has 0 radical (unpaired) electrons. The first-order valence-corrected chi connectivity index (χ1v) is 14.7. The van der Waals surface area contributed by atoms with Crippen LogP contribution in [0.5, 0.6) is 0 Å². The SMILES string of the molecule is CC(C)(O)C(C)(C)OBc1cc(-c2nc(-c3ccccc3)nc(-c3ccccc3)n2)c2sc3c(c2c1)=CC=CCC=3. The average Bonchev–Trinajstić information content (AvgIpc) is 3.15. The summed E-state index contributed by atoms with van der Waals surface area (Å²) in [6.45, 7) is 7.39. The third kappa shape index (κ3) is 5.53. The van der Waals surface area contributed by atoms with Crippen LogP contribution in [0.4, 0.5) is 0 Å². The van der Waals surface area contributed by atoms with Gasteiger partial charge in [0.05, 0.1) is 11.2 Å². The number of rotatable bonds is 7. The summed E-state index contributed by atoms with van der Waals surface area (Å²) < 4.78 is 8.69. The molecule has 3 aromatic carbocycles. The Morgan fingerprint density at radius 1 is 0.829 bits per heavy atom. The highest BCUT2D eigenvalue weighted by atomic mass is 32.1. The van der Waals surface area contributed by atoms with Crippen LogP contribution in [0.25, 0.3) is 56.4 Å². The van der Waals surface area contributed by atoms with E-state index in [1.807, 2.05) is 74.5 Å². The lowest BCUT2D eigenvalue weighted by Gasteiger charge is -2.37. The van der Waals surface area contributed by atoms with E-state index in [4.69, 9.17) is 19.6 Å². The maximum absolute atomic E-state index is 10.7. The zero-order valence-electron chi connectivity index (χ0n) is 23.8. The van der Waals surface area contributed by atoms with E-state index in [-0.39, 0.29) is 0 Å². The van der Waals surface area contributed by atoms with Crippen molar-refractivity contribution in [1.29, 1.82) is 0 Å². The second-order valence-corrected chi connectivity index (χ2v) is 12.4. The third-order valence-corrected chi connectivity index (χ3v) is 9.02. The molecule has 0 fully saturated rings. The van der Waals surface area contributed by atoms with E-state index in [9.17, 15) is 5.11 Å². The lowest BCUT2D eigenvalue weighted by Crippen LogP contribution is -2.49. The van der Waals surface area contributed by atoms with Crippen LogP contribution in [0.3, 0.4) is 0 Å². The highest BCUT2D eigenvalue weighted by Crippen LogP contribution is 2.30. The molecule has 0 aliphatic heterocycles. The standard InChI is InChI=1S/C34H32BN3O2S/c1-33(2,39)34(3,4)40-35-24-20-26-25-18-12-7-13-19-28(25)41-29(26)27(21-24)32-37-30(22-14-8-5-9-15-22)36-31(38-32)23-16-10-6-11-17-23/h5-12,14-21,35,39H,13H2,1-4H3. The molecule has 0 unspecified atom stereocenters. The van der Waals surface area contributed by atoms with Crippen LogP contribution in [0, 0.1) is 0 Å². The zero-order chi connectivity index (χ0) is 28.6. The molecule has 0 saturated heterocycles. The summed E-state index contributed by atoms with van der Waals surface area (Å²) >= 11 is 1.77. The maximum atomic E-state index is 10.7. The second-order valence-electron chi connectivity index (χ2n) is 11.3. The van der Waals surface area contributed by atoms with Crippen molar-refractivity contribution in [2.45, 2.75) is 45.3 Å². The number of nitrogens with zero attached hydrogens (tertiary/aromatic N) is 3. The predicted octanol–water partition coefficient (Wildman–Crippen LogP) is 5.15. The highest BCUT2D eigenvalue weighted by molar-refractivity contribution is 7.17. The van der Waals surface area contributed by atoms with Gasteiger partial charge in [0.15, 0.2) is 17.5 Å². The third-order valence-electron chi connectivity index (χ3n) is 7.77. The van der Waals surface area contributed by atoms with Gasteiger partial charge in [-0.1, -0.05) is 103 Å². The summed E-state index contributed by atoms with van der Waals surface area (Å²) in [5, 5.41) is 13.0. The van der Waals surface area contributed by atoms with Crippen LogP contribution in [0.2, 0.25) is 0 Å². The van der Waals surface area contributed by atoms with Gasteiger partial charge in [-0.3, -0.25) is 0 Å². The van der Waals surface area contributed by atoms with Gasteiger partial charge in [-0.05, 0) is 39.3 Å². The lowest BCUT2D eigenvalue weighted by atomic mass is 9.81. The molecule has 0 amide bonds. The maximum Gasteiger partial charge on any atom is 0.309 e. The first-order chi connectivity index (χ1) is 19.7. The molecule has 41 heavy (non-hydrogen) atoms. The molecule has 1 aliphatic rings. The molecule has 5 aromatic rings. The van der Waals surface area contributed by atoms with E-state index in [1.54, 1.807) is 25.2 Å². The molecule has 6 rings (SSSR count). The Morgan fingerprint density at radius 2 is 1.44 bits per heavy atom. The quantitative estimate of drug-likeness (QED) is 0.281. The van der Waals surface area contributed by atoms with E-state index in [1.165, 1.54) is 9.75 Å². The monoisotopic (exact) mass is 557 g/mol. The minimum Gasteiger partial charge on any atom is -0.427 e. The summed E-state index contributed by atoms with van der Waals surface area (Å²) in [5.41, 5.74) is 2.06. The van der Waals surface area contributed by atoms with Crippen molar-refractivity contribution >= 4 is 46.5 Å². The summed E-state index contributed by atoms with van der Waals surface area (Å²) in [7, 11) is 0.340. The summed E-state index contributed by atoms with van der Waals surface area (Å²) in [6.07, 6.45) is 9.64. The van der Waals surface area contributed by atoms with Gasteiger partial charge in [0.25, 0.3) is 0 Å². The Balaban J connectivity index is 1.59. The minimum atomic E-state index is -1.00. The van der Waals surface area contributed by atoms with Crippen molar-refractivity contribution in [2.75, 3.05) is 0 Å². The number of aromatic nitrogens is 3. The molecule has 0 saturated carbocycles. The van der Waals surface area contributed by atoms with E-state index < -0.39 is 11.2 Å². The van der Waals surface area contributed by atoms with Gasteiger partial charge in [-0.25, -0.2) is 15.0 Å². The zero-order valence-corrected chi connectivity index (χ0v) is 24.6. The van der Waals surface area contributed by atoms with Crippen molar-refractivity contribution in [2.24, 2.45) is 0 Å². The van der Waals surface area contributed by atoms with Gasteiger partial charge >= 0.3 is 7.48 Å². The first-order valence-electron chi connectivity index (χ1n) is 13.9. The molecule has 204 valence electrons. The van der Waals surface area contributed by atoms with Gasteiger partial charge < -0.3 is 9.76 Å². The van der Waals surface area contributed by atoms with E-state index >= 15 is 0 Å². The van der Waals surface area contributed by atoms with Crippen molar-refractivity contribution in [3.8, 4) is 34.2 Å². The number of thiophene rings is 1. The molecule has 2 aromatic heterocycles. The number of benzene rings is 3. The number of allylic oxidation sites excluding steroid dienone is 2. The Labute approximate surface area is 244 Å². The molecule has 0 spiro atoms. The molecule has 2 heterocycles. The Hall–Kier alpha value is -3.91. The smallest absolute Gasteiger partial charge is 0.309 e. The van der Waals surface area contributed by atoms with Crippen LogP contribution < -0.4 is 15.2 Å². The van der Waals surface area contributed by atoms with Crippen molar-refractivity contribution < 1.29 is 9.76 Å². The molecule has 1 N–H and O–H groups in total. The van der Waals surface area contributed by atoms with Crippen molar-refractivity contribution in [3.63, 3.8) is 0 Å². The summed E-state index contributed by atoms with van der Waals surface area (Å²) in [4.78, 5) is 14.9. The van der Waals surface area contributed by atoms with Crippen molar-refractivity contribution in [3.05, 3.63) is 94.7 Å². The van der Waals surface area contributed by atoms with Crippen LogP contribution in [-0.2, 0) is 4.65 Å². The fourth-order valence-electron chi connectivity index (χ4n) is 4.66. The molecular formula is C34H32BN3O2S. The minimum absolute atomic E-state index is 0.340. The summed E-state index contributed by atoms with van der Waals surface area (Å²) in [6, 6.07) is 24.4. The van der Waals surface area contributed by atoms with Crippen molar-refractivity contribution in [1.82, 2.24) is 15.0 Å². The topological polar surface area (TPSA) is 68.1 Å². The van der Waals surface area contributed by atoms with Crippen LogP contribution >= 0.6 is 11.3 Å². The van der Waals surface area contributed by atoms with Crippen LogP contribution in [-0.4, -0.2) is 38.7 Å². The molecule has 0 bridgehead atoms. The average molecular weight is 558 g/mol. The normalized spacial score (nSPS) is 13.3. The van der Waals surface area contributed by atoms with E-state index in [0.29, 0.717) is 25.0 Å². The van der Waals surface area contributed by atoms with Gasteiger partial charge in [0, 0.05) is 31.3 Å². The fraction of sp³-hybridized carbons (Fsp3) is 0.206. The number of hydrogen-bond acceptors (Lipinski definition) is 6. The first kappa shape index (κ1) is 27.3. The van der Waals surface area contributed by atoms with E-state index in [2.05, 4.69) is 36.4 Å². The Morgan fingerprint density at radius 3 is 2.05 bits per heavy atom. The fourth-order valence-corrected chi connectivity index (χ4v) is 5.88. The van der Waals surface area contributed by atoms with Gasteiger partial charge in [0.1, 0.15) is 0 Å². The molecule has 0 atom stereocenters.